The lowest BCUT2D eigenvalue weighted by atomic mass is 9.79. The maximum Gasteiger partial charge on any atom is 0.398 e. The van der Waals surface area contributed by atoms with Crippen LogP contribution < -0.4 is 0 Å². The number of rotatable bonds is 6. The van der Waals surface area contributed by atoms with Gasteiger partial charge in [-0.15, -0.1) is 0 Å². The van der Waals surface area contributed by atoms with Gasteiger partial charge < -0.3 is 0 Å². The van der Waals surface area contributed by atoms with Gasteiger partial charge in [0.25, 0.3) is 11.3 Å². The van der Waals surface area contributed by atoms with Crippen LogP contribution in [0, 0.1) is 0 Å². The summed E-state index contributed by atoms with van der Waals surface area (Å²) >= 11 is 0. The zero-order chi connectivity index (χ0) is 19.4. The molecule has 0 spiro atoms. The molecule has 0 aliphatic heterocycles. The van der Waals surface area contributed by atoms with Gasteiger partial charge in [-0.2, -0.15) is 0 Å². The van der Waals surface area contributed by atoms with Crippen LogP contribution in [0.15, 0.2) is 60.7 Å². The van der Waals surface area contributed by atoms with E-state index in [2.05, 4.69) is 9.88 Å². The van der Waals surface area contributed by atoms with Crippen molar-refractivity contribution >= 4 is 17.7 Å². The Labute approximate surface area is 143 Å². The molecule has 0 aliphatic carbocycles. The first kappa shape index (κ1) is 19.1. The fourth-order valence-electron chi connectivity index (χ4n) is 2.36. The highest BCUT2D eigenvalue weighted by Gasteiger charge is 2.64. The molecule has 0 amide bonds. The third-order valence-corrected chi connectivity index (χ3v) is 3.67. The Balaban J connectivity index is 2.72. The Morgan fingerprint density at radius 1 is 0.654 bits per heavy atom. The average molecular weight is 370 g/mol. The largest absolute Gasteiger partial charge is 0.398 e. The summed E-state index contributed by atoms with van der Waals surface area (Å²) in [6.45, 7) is 0. The summed E-state index contributed by atoms with van der Waals surface area (Å²) in [4.78, 5) is 41.5. The SMILES string of the molecule is O=C(OF)C(F)(C(=O)C(F)(C(=O)OF)c1ccccc1)c1ccccc1. The van der Waals surface area contributed by atoms with Crippen LogP contribution in [0.5, 0.6) is 0 Å². The van der Waals surface area contributed by atoms with Gasteiger partial charge in [-0.05, 0) is 0 Å². The summed E-state index contributed by atoms with van der Waals surface area (Å²) in [5.74, 6) is -7.29. The molecule has 0 saturated heterocycles. The van der Waals surface area contributed by atoms with Crippen molar-refractivity contribution < 1.29 is 42.1 Å². The Hall–Kier alpha value is -3.23. The van der Waals surface area contributed by atoms with E-state index in [-0.39, 0.29) is 0 Å². The van der Waals surface area contributed by atoms with E-state index >= 15 is 8.78 Å². The number of Topliss-reactive ketones (excluding diaryl/α,β-unsaturated/α-hetero) is 1. The molecule has 2 atom stereocenters. The lowest BCUT2D eigenvalue weighted by Gasteiger charge is -2.27. The molecule has 0 fully saturated rings. The molecule has 0 aromatic heterocycles. The second kappa shape index (κ2) is 7.34. The first-order chi connectivity index (χ1) is 12.3. The van der Waals surface area contributed by atoms with E-state index in [0.717, 1.165) is 24.3 Å². The van der Waals surface area contributed by atoms with E-state index in [4.69, 9.17) is 0 Å². The van der Waals surface area contributed by atoms with Crippen molar-refractivity contribution in [2.75, 3.05) is 0 Å². The highest BCUT2D eigenvalue weighted by Crippen LogP contribution is 2.40. The lowest BCUT2D eigenvalue weighted by Crippen LogP contribution is -2.53. The van der Waals surface area contributed by atoms with E-state index in [1.807, 2.05) is 0 Å². The third-order valence-electron chi connectivity index (χ3n) is 3.67. The second-order valence-corrected chi connectivity index (χ2v) is 5.11. The van der Waals surface area contributed by atoms with E-state index < -0.39 is 40.2 Å². The minimum atomic E-state index is -4.09. The van der Waals surface area contributed by atoms with Gasteiger partial charge in [0, 0.05) is 20.2 Å². The normalized spacial score (nSPS) is 15.2. The van der Waals surface area contributed by atoms with Crippen LogP contribution in [0.4, 0.5) is 17.8 Å². The van der Waals surface area contributed by atoms with Crippen LogP contribution in [0.2, 0.25) is 0 Å². The van der Waals surface area contributed by atoms with E-state index in [9.17, 15) is 23.4 Å². The summed E-state index contributed by atoms with van der Waals surface area (Å²) in [6, 6.07) is 10.8. The number of benzene rings is 2. The third kappa shape index (κ3) is 2.92. The Bertz CT molecular complexity index is 747. The number of ketones is 1. The molecule has 0 N–H and O–H groups in total. The molecule has 0 heterocycles. The van der Waals surface area contributed by atoms with Gasteiger partial charge in [0.05, 0.1) is 0 Å². The van der Waals surface area contributed by atoms with Gasteiger partial charge in [0.15, 0.2) is 0 Å². The maximum absolute atomic E-state index is 15.4. The predicted molar refractivity (Wildman–Crippen MR) is 77.9 cm³/mol. The van der Waals surface area contributed by atoms with Gasteiger partial charge in [-0.25, -0.2) is 18.4 Å². The van der Waals surface area contributed by atoms with Crippen molar-refractivity contribution in [2.24, 2.45) is 0 Å². The van der Waals surface area contributed by atoms with E-state index in [1.54, 1.807) is 0 Å². The minimum absolute atomic E-state index is 0.822. The molecule has 0 bridgehead atoms. The molecule has 2 aromatic carbocycles. The van der Waals surface area contributed by atoms with Gasteiger partial charge in [-0.3, -0.25) is 14.7 Å². The quantitative estimate of drug-likeness (QED) is 0.577. The zero-order valence-electron chi connectivity index (χ0n) is 12.8. The number of carbonyl (C=O) groups is 3. The molecule has 2 aromatic rings. The highest BCUT2D eigenvalue weighted by molar-refractivity contribution is 6.19. The lowest BCUT2D eigenvalue weighted by molar-refractivity contribution is -0.209. The summed E-state index contributed by atoms with van der Waals surface area (Å²) in [5.41, 5.74) is -9.82. The first-order valence-corrected chi connectivity index (χ1v) is 7.03. The van der Waals surface area contributed by atoms with Crippen LogP contribution in [0.3, 0.4) is 0 Å². The fraction of sp³-hybridized carbons (Fsp3) is 0.118. The van der Waals surface area contributed by atoms with Gasteiger partial charge in [0.1, 0.15) is 0 Å². The van der Waals surface area contributed by atoms with Crippen LogP contribution in [-0.2, 0) is 35.6 Å². The molecular formula is C17H10F4O5. The number of halogens is 4. The van der Waals surface area contributed by atoms with Crippen molar-refractivity contribution in [3.63, 3.8) is 0 Å². The molecular weight excluding hydrogens is 360 g/mol. The van der Waals surface area contributed by atoms with Crippen molar-refractivity contribution in [2.45, 2.75) is 11.3 Å². The summed E-state index contributed by atoms with van der Waals surface area (Å²) < 4.78 is 55.6. The maximum atomic E-state index is 15.4. The van der Waals surface area contributed by atoms with Crippen molar-refractivity contribution in [3.05, 3.63) is 71.8 Å². The van der Waals surface area contributed by atoms with Gasteiger partial charge >= 0.3 is 11.9 Å². The average Bonchev–Trinajstić information content (AvgIpc) is 2.71. The molecule has 2 unspecified atom stereocenters. The molecule has 26 heavy (non-hydrogen) atoms. The Morgan fingerprint density at radius 3 is 1.23 bits per heavy atom. The Morgan fingerprint density at radius 2 is 0.962 bits per heavy atom. The molecule has 5 nitrogen and oxygen atoms in total. The monoisotopic (exact) mass is 370 g/mol. The number of carbonyl (C=O) groups excluding carboxylic acids is 3. The molecule has 9 heteroatoms. The number of hydrogen-bond acceptors (Lipinski definition) is 5. The van der Waals surface area contributed by atoms with E-state index in [0.29, 0.717) is 0 Å². The Kier molecular flexibility index (Phi) is 5.39. The van der Waals surface area contributed by atoms with Crippen molar-refractivity contribution in [3.8, 4) is 0 Å². The molecule has 136 valence electrons. The van der Waals surface area contributed by atoms with Gasteiger partial charge in [-0.1, -0.05) is 60.7 Å². The smallest absolute Gasteiger partial charge is 0.290 e. The van der Waals surface area contributed by atoms with Crippen LogP contribution >= 0.6 is 0 Å². The van der Waals surface area contributed by atoms with Crippen molar-refractivity contribution in [1.29, 1.82) is 0 Å². The predicted octanol–water partition coefficient (Wildman–Crippen LogP) is 3.14. The summed E-state index contributed by atoms with van der Waals surface area (Å²) in [6.07, 6.45) is 0. The van der Waals surface area contributed by atoms with E-state index in [1.165, 1.54) is 36.4 Å². The molecule has 0 radical (unpaired) electrons. The minimum Gasteiger partial charge on any atom is -0.290 e. The topological polar surface area (TPSA) is 69.7 Å². The zero-order valence-corrected chi connectivity index (χ0v) is 12.8. The summed E-state index contributed by atoms with van der Waals surface area (Å²) in [5, 5.41) is 0. The van der Waals surface area contributed by atoms with Gasteiger partial charge in [0.2, 0.25) is 5.78 Å². The van der Waals surface area contributed by atoms with Crippen LogP contribution in [-0.4, -0.2) is 17.7 Å². The molecule has 2 rings (SSSR count). The first-order valence-electron chi connectivity index (χ1n) is 7.03. The van der Waals surface area contributed by atoms with Crippen molar-refractivity contribution in [1.82, 2.24) is 0 Å². The molecule has 0 aliphatic rings. The molecule has 0 saturated carbocycles. The highest BCUT2D eigenvalue weighted by atomic mass is 19.3. The standard InChI is InChI=1S/C17H10F4O5/c18-16(14(23)25-20,11-7-3-1-4-8-11)13(22)17(19,15(24)26-21)12-9-5-2-6-10-12/h1-10H. The van der Waals surface area contributed by atoms with Crippen LogP contribution in [0.1, 0.15) is 11.1 Å². The number of alkyl halides is 2. The second-order valence-electron chi connectivity index (χ2n) is 5.11. The van der Waals surface area contributed by atoms with Crippen LogP contribution in [0.25, 0.3) is 0 Å². The number of hydrogen-bond donors (Lipinski definition) is 0. The summed E-state index contributed by atoms with van der Waals surface area (Å²) in [7, 11) is 0. The fourth-order valence-corrected chi connectivity index (χ4v) is 2.36.